The molecule has 0 aromatic rings. The first-order valence-electron chi connectivity index (χ1n) is 5.16. The number of rotatable bonds is 6. The van der Waals surface area contributed by atoms with E-state index in [-0.39, 0.29) is 0 Å². The zero-order valence-corrected chi connectivity index (χ0v) is 11.4. The Morgan fingerprint density at radius 2 is 1.86 bits per heavy atom. The Hall–Kier alpha value is -0.353. The summed E-state index contributed by atoms with van der Waals surface area (Å²) < 4.78 is 5.75. The highest BCUT2D eigenvalue weighted by molar-refractivity contribution is 6.69. The molecule has 0 atom stereocenters. The third-order valence-corrected chi connectivity index (χ3v) is 2.66. The molecule has 0 aliphatic rings. The molecule has 3 nitrogen and oxygen atoms in total. The molecule has 0 saturated carbocycles. The Morgan fingerprint density at radius 1 is 1.29 bits per heavy atom. The van der Waals surface area contributed by atoms with Gasteiger partial charge < -0.3 is 9.43 Å². The molecular formula is C10H24N2OSi. The van der Waals surface area contributed by atoms with Crippen molar-refractivity contribution >= 4 is 14.0 Å². The van der Waals surface area contributed by atoms with Crippen LogP contribution in [0.4, 0.5) is 0 Å². The van der Waals surface area contributed by atoms with E-state index in [1.54, 1.807) is 0 Å². The van der Waals surface area contributed by atoms with Crippen LogP contribution in [0.25, 0.3) is 0 Å². The van der Waals surface area contributed by atoms with Crippen molar-refractivity contribution in [2.45, 2.75) is 39.4 Å². The Kier molecular flexibility index (Phi) is 6.03. The summed E-state index contributed by atoms with van der Waals surface area (Å²) in [4.78, 5) is 0. The van der Waals surface area contributed by atoms with Crippen molar-refractivity contribution in [1.82, 2.24) is 5.01 Å². The number of nitrogens with zero attached hydrogens (tertiary/aromatic N) is 2. The normalized spacial score (nSPS) is 13.1. The van der Waals surface area contributed by atoms with E-state index >= 15 is 0 Å². The van der Waals surface area contributed by atoms with Crippen LogP contribution in [-0.2, 0) is 4.43 Å². The summed E-state index contributed by atoms with van der Waals surface area (Å²) in [6.07, 6.45) is 2.11. The molecule has 0 bridgehead atoms. The summed E-state index contributed by atoms with van der Waals surface area (Å²) in [6.45, 7) is 9.58. The van der Waals surface area contributed by atoms with E-state index in [1.165, 1.54) is 5.71 Å². The van der Waals surface area contributed by atoms with Gasteiger partial charge in [-0.05, 0) is 39.4 Å². The fraction of sp³-hybridized carbons (Fsp3) is 0.900. The molecule has 14 heavy (non-hydrogen) atoms. The average molecular weight is 216 g/mol. The SMILES string of the molecule is CC(CCCO[Si](C)(C)C)=NN(C)C. The smallest absolute Gasteiger partial charge is 0.183 e. The van der Waals surface area contributed by atoms with Crippen molar-refractivity contribution in [3.8, 4) is 0 Å². The molecule has 84 valence electrons. The molecule has 0 amide bonds. The van der Waals surface area contributed by atoms with Crippen molar-refractivity contribution in [3.05, 3.63) is 0 Å². The minimum Gasteiger partial charge on any atom is -0.418 e. The van der Waals surface area contributed by atoms with Gasteiger partial charge in [0.1, 0.15) is 0 Å². The Bertz CT molecular complexity index is 185. The van der Waals surface area contributed by atoms with Crippen LogP contribution in [-0.4, -0.2) is 39.7 Å². The van der Waals surface area contributed by atoms with E-state index in [0.717, 1.165) is 19.4 Å². The predicted molar refractivity (Wildman–Crippen MR) is 65.3 cm³/mol. The summed E-state index contributed by atoms with van der Waals surface area (Å²) >= 11 is 0. The highest BCUT2D eigenvalue weighted by atomic mass is 28.4. The van der Waals surface area contributed by atoms with Gasteiger partial charge in [-0.1, -0.05) is 0 Å². The number of hydrogen-bond donors (Lipinski definition) is 0. The fourth-order valence-electron chi connectivity index (χ4n) is 1.10. The summed E-state index contributed by atoms with van der Waals surface area (Å²) in [5.74, 6) is 0. The Labute approximate surface area is 89.3 Å². The zero-order chi connectivity index (χ0) is 11.2. The zero-order valence-electron chi connectivity index (χ0n) is 10.4. The monoisotopic (exact) mass is 216 g/mol. The maximum Gasteiger partial charge on any atom is 0.183 e. The topological polar surface area (TPSA) is 24.8 Å². The maximum atomic E-state index is 5.75. The molecule has 0 saturated heterocycles. The standard InChI is InChI=1S/C10H24N2OSi/c1-10(11-12(2)3)8-7-9-13-14(4,5)6/h7-9H2,1-6H3. The number of hydrogen-bond acceptors (Lipinski definition) is 3. The van der Waals surface area contributed by atoms with Crippen LogP contribution in [0.2, 0.25) is 19.6 Å². The molecule has 0 radical (unpaired) electrons. The van der Waals surface area contributed by atoms with E-state index in [2.05, 4.69) is 31.7 Å². The predicted octanol–water partition coefficient (Wildman–Crippen LogP) is 2.56. The molecule has 0 aromatic carbocycles. The van der Waals surface area contributed by atoms with Gasteiger partial charge in [0.05, 0.1) is 0 Å². The van der Waals surface area contributed by atoms with Crippen molar-refractivity contribution in [2.75, 3.05) is 20.7 Å². The van der Waals surface area contributed by atoms with Crippen LogP contribution in [0.5, 0.6) is 0 Å². The van der Waals surface area contributed by atoms with E-state index in [0.29, 0.717) is 0 Å². The summed E-state index contributed by atoms with van der Waals surface area (Å²) in [7, 11) is 2.58. The van der Waals surface area contributed by atoms with E-state index < -0.39 is 8.32 Å². The lowest BCUT2D eigenvalue weighted by molar-refractivity contribution is 0.307. The molecule has 0 unspecified atom stereocenters. The molecule has 0 aliphatic heterocycles. The second kappa shape index (κ2) is 6.19. The van der Waals surface area contributed by atoms with Gasteiger partial charge in [-0.25, -0.2) is 0 Å². The van der Waals surface area contributed by atoms with Gasteiger partial charge in [-0.3, -0.25) is 0 Å². The minimum absolute atomic E-state index is 0.871. The van der Waals surface area contributed by atoms with Crippen molar-refractivity contribution in [1.29, 1.82) is 0 Å². The maximum absolute atomic E-state index is 5.75. The molecule has 0 aliphatic carbocycles. The van der Waals surface area contributed by atoms with Gasteiger partial charge in [0.15, 0.2) is 8.32 Å². The number of hydrazone groups is 1. The lowest BCUT2D eigenvalue weighted by Gasteiger charge is -2.16. The third-order valence-electron chi connectivity index (χ3n) is 1.59. The second-order valence-corrected chi connectivity index (χ2v) is 9.26. The van der Waals surface area contributed by atoms with Crippen LogP contribution in [0.1, 0.15) is 19.8 Å². The lowest BCUT2D eigenvalue weighted by Crippen LogP contribution is -2.25. The van der Waals surface area contributed by atoms with Crippen LogP contribution < -0.4 is 0 Å². The first kappa shape index (κ1) is 13.6. The quantitative estimate of drug-likeness (QED) is 0.295. The van der Waals surface area contributed by atoms with E-state index in [1.807, 2.05) is 19.1 Å². The van der Waals surface area contributed by atoms with Gasteiger partial charge in [-0.2, -0.15) is 5.10 Å². The summed E-state index contributed by atoms with van der Waals surface area (Å²) in [5.41, 5.74) is 1.18. The van der Waals surface area contributed by atoms with Gasteiger partial charge in [-0.15, -0.1) is 0 Å². The highest BCUT2D eigenvalue weighted by Gasteiger charge is 2.12. The van der Waals surface area contributed by atoms with Crippen LogP contribution >= 0.6 is 0 Å². The molecule has 0 fully saturated rings. The molecule has 4 heteroatoms. The third kappa shape index (κ3) is 9.73. The molecule has 0 rings (SSSR count). The van der Waals surface area contributed by atoms with Gasteiger partial charge in [0.25, 0.3) is 0 Å². The van der Waals surface area contributed by atoms with Crippen LogP contribution in [0.3, 0.4) is 0 Å². The second-order valence-electron chi connectivity index (χ2n) is 4.75. The van der Waals surface area contributed by atoms with Crippen LogP contribution in [0, 0.1) is 0 Å². The summed E-state index contributed by atoms with van der Waals surface area (Å²) in [6, 6.07) is 0. The largest absolute Gasteiger partial charge is 0.418 e. The van der Waals surface area contributed by atoms with Crippen LogP contribution in [0.15, 0.2) is 5.10 Å². The van der Waals surface area contributed by atoms with Crippen molar-refractivity contribution in [3.63, 3.8) is 0 Å². The molecule has 0 aromatic heterocycles. The lowest BCUT2D eigenvalue weighted by atomic mass is 10.2. The molecule has 0 heterocycles. The summed E-state index contributed by atoms with van der Waals surface area (Å²) in [5, 5.41) is 6.16. The average Bonchev–Trinajstić information content (AvgIpc) is 1.95. The molecule has 0 N–H and O–H groups in total. The highest BCUT2D eigenvalue weighted by Crippen LogP contribution is 2.04. The van der Waals surface area contributed by atoms with E-state index in [9.17, 15) is 0 Å². The molecule has 0 spiro atoms. The first-order chi connectivity index (χ1) is 6.31. The van der Waals surface area contributed by atoms with Gasteiger partial charge in [0.2, 0.25) is 0 Å². The van der Waals surface area contributed by atoms with Crippen molar-refractivity contribution < 1.29 is 4.43 Å². The minimum atomic E-state index is -1.31. The first-order valence-corrected chi connectivity index (χ1v) is 8.57. The van der Waals surface area contributed by atoms with Gasteiger partial charge >= 0.3 is 0 Å². The fourth-order valence-corrected chi connectivity index (χ4v) is 1.85. The van der Waals surface area contributed by atoms with Crippen molar-refractivity contribution in [2.24, 2.45) is 5.10 Å². The Morgan fingerprint density at radius 3 is 2.29 bits per heavy atom. The molecular weight excluding hydrogens is 192 g/mol. The van der Waals surface area contributed by atoms with Gasteiger partial charge in [0, 0.05) is 26.4 Å². The van der Waals surface area contributed by atoms with E-state index in [4.69, 9.17) is 4.43 Å². The Balaban J connectivity index is 3.55.